The van der Waals surface area contributed by atoms with Crippen molar-refractivity contribution >= 4 is 60.8 Å². The first-order valence-electron chi connectivity index (χ1n) is 19.4. The Morgan fingerprint density at radius 1 is 0.316 bits per heavy atom. The van der Waals surface area contributed by atoms with Gasteiger partial charge in [-0.25, -0.2) is 0 Å². The maximum absolute atomic E-state index is 6.32. The van der Waals surface area contributed by atoms with Gasteiger partial charge in [-0.2, -0.15) is 0 Å². The third kappa shape index (κ3) is 5.68. The fraction of sp³-hybridized carbons (Fsp3) is 0. The van der Waals surface area contributed by atoms with E-state index < -0.39 is 0 Å². The number of anilines is 3. The summed E-state index contributed by atoms with van der Waals surface area (Å²) >= 11 is 0. The van der Waals surface area contributed by atoms with E-state index in [1.165, 1.54) is 38.5 Å². The zero-order valence-corrected chi connectivity index (χ0v) is 31.1. The lowest BCUT2D eigenvalue weighted by molar-refractivity contribution is 0.669. The van der Waals surface area contributed by atoms with Crippen molar-refractivity contribution in [3.05, 3.63) is 218 Å². The van der Waals surface area contributed by atoms with Gasteiger partial charge in [-0.3, -0.25) is 0 Å². The molecule has 3 nitrogen and oxygen atoms in total. The molecule has 2 aromatic heterocycles. The summed E-state index contributed by atoms with van der Waals surface area (Å²) in [4.78, 5) is 2.38. The first-order valence-corrected chi connectivity index (χ1v) is 19.4. The fourth-order valence-corrected chi connectivity index (χ4v) is 8.57. The highest BCUT2D eigenvalue weighted by molar-refractivity contribution is 6.09. The van der Waals surface area contributed by atoms with Gasteiger partial charge in [0.15, 0.2) is 0 Å². The topological polar surface area (TPSA) is 21.3 Å². The maximum atomic E-state index is 6.32. The van der Waals surface area contributed by atoms with E-state index in [9.17, 15) is 0 Å². The van der Waals surface area contributed by atoms with Crippen LogP contribution < -0.4 is 4.90 Å². The van der Waals surface area contributed by atoms with Crippen molar-refractivity contribution in [2.45, 2.75) is 0 Å². The second kappa shape index (κ2) is 13.6. The Balaban J connectivity index is 1.09. The zero-order valence-electron chi connectivity index (χ0n) is 31.1. The van der Waals surface area contributed by atoms with E-state index in [-0.39, 0.29) is 0 Å². The maximum Gasteiger partial charge on any atom is 0.136 e. The van der Waals surface area contributed by atoms with Gasteiger partial charge in [0, 0.05) is 44.3 Å². The smallest absolute Gasteiger partial charge is 0.136 e. The lowest BCUT2D eigenvalue weighted by Gasteiger charge is -2.27. The third-order valence-corrected chi connectivity index (χ3v) is 11.2. The Bertz CT molecular complexity index is 3210. The van der Waals surface area contributed by atoms with Crippen LogP contribution in [0.1, 0.15) is 0 Å². The molecule has 0 aliphatic rings. The van der Waals surface area contributed by atoms with Crippen LogP contribution in [0.5, 0.6) is 0 Å². The van der Waals surface area contributed by atoms with Crippen LogP contribution in [0.3, 0.4) is 0 Å². The number of nitrogens with zero attached hydrogens (tertiary/aromatic N) is 2. The van der Waals surface area contributed by atoms with E-state index in [1.54, 1.807) is 0 Å². The van der Waals surface area contributed by atoms with Crippen LogP contribution in [0.4, 0.5) is 17.1 Å². The lowest BCUT2D eigenvalue weighted by Crippen LogP contribution is -2.11. The molecule has 0 bridgehead atoms. The Morgan fingerprint density at radius 2 is 0.825 bits per heavy atom. The van der Waals surface area contributed by atoms with Crippen molar-refractivity contribution < 1.29 is 4.42 Å². The number of rotatable bonds is 7. The molecule has 0 unspecified atom stereocenters. The molecule has 2 heterocycles. The summed E-state index contributed by atoms with van der Waals surface area (Å²) in [6, 6.07) is 78.2. The van der Waals surface area contributed by atoms with Crippen LogP contribution >= 0.6 is 0 Å². The summed E-state index contributed by atoms with van der Waals surface area (Å²) in [5.74, 6) is 0. The second-order valence-electron chi connectivity index (χ2n) is 14.5. The fourth-order valence-electron chi connectivity index (χ4n) is 8.57. The molecule has 0 saturated carbocycles. The summed E-state index contributed by atoms with van der Waals surface area (Å²) in [5, 5.41) is 4.75. The molecule has 57 heavy (non-hydrogen) atoms. The highest BCUT2D eigenvalue weighted by atomic mass is 16.3. The van der Waals surface area contributed by atoms with Gasteiger partial charge >= 0.3 is 0 Å². The van der Waals surface area contributed by atoms with Crippen molar-refractivity contribution in [1.29, 1.82) is 0 Å². The SMILES string of the molecule is c1ccc(-c2ccccc2-c2cccc(N(c3cccc(-c4ccc5c(c4)oc4ccccc45)c3)c3cccc(-n4c5ccccc5c5ccccc54)c3)c2)cc1. The Morgan fingerprint density at radius 3 is 1.56 bits per heavy atom. The van der Waals surface area contributed by atoms with Crippen molar-refractivity contribution in [2.24, 2.45) is 0 Å². The number of hydrogen-bond acceptors (Lipinski definition) is 2. The minimum absolute atomic E-state index is 0.889. The molecule has 268 valence electrons. The summed E-state index contributed by atoms with van der Waals surface area (Å²) in [5.41, 5.74) is 15.4. The summed E-state index contributed by atoms with van der Waals surface area (Å²) in [6.07, 6.45) is 0. The number of para-hydroxylation sites is 3. The Hall–Kier alpha value is -7.62. The number of benzene rings is 9. The van der Waals surface area contributed by atoms with Gasteiger partial charge in [-0.15, -0.1) is 0 Å². The monoisotopic (exact) mass is 728 g/mol. The first-order chi connectivity index (χ1) is 28.3. The minimum Gasteiger partial charge on any atom is -0.456 e. The lowest BCUT2D eigenvalue weighted by atomic mass is 9.94. The van der Waals surface area contributed by atoms with Gasteiger partial charge < -0.3 is 13.9 Å². The van der Waals surface area contributed by atoms with Gasteiger partial charge in [0.05, 0.1) is 11.0 Å². The van der Waals surface area contributed by atoms with E-state index >= 15 is 0 Å². The second-order valence-corrected chi connectivity index (χ2v) is 14.5. The average Bonchev–Trinajstić information content (AvgIpc) is 3.83. The van der Waals surface area contributed by atoms with Crippen LogP contribution in [0, 0.1) is 0 Å². The molecule has 11 rings (SSSR count). The molecule has 3 heteroatoms. The number of fused-ring (bicyclic) bond motifs is 6. The predicted octanol–water partition coefficient (Wildman–Crippen LogP) is 15.2. The van der Waals surface area contributed by atoms with Crippen LogP contribution in [0.25, 0.3) is 82.8 Å². The standard InChI is InChI=1S/C54H36N2O/c1-2-15-37(16-3-1)45-23-4-5-24-46(45)40-18-13-20-42(34-40)55(41-19-12-17-38(33-41)39-31-32-50-49-27-8-11-30-53(49)57-54(50)35-39)43-21-14-22-44(36-43)56-51-28-9-6-25-47(51)48-26-7-10-29-52(48)56/h1-36H. The van der Waals surface area contributed by atoms with Gasteiger partial charge in [0.2, 0.25) is 0 Å². The number of hydrogen-bond donors (Lipinski definition) is 0. The molecule has 0 aliphatic carbocycles. The van der Waals surface area contributed by atoms with E-state index in [0.717, 1.165) is 61.4 Å². The predicted molar refractivity (Wildman–Crippen MR) is 239 cm³/mol. The van der Waals surface area contributed by atoms with Gasteiger partial charge in [-0.1, -0.05) is 146 Å². The average molecular weight is 729 g/mol. The molecular formula is C54H36N2O. The van der Waals surface area contributed by atoms with Crippen LogP contribution in [0.15, 0.2) is 223 Å². The molecule has 11 aromatic rings. The van der Waals surface area contributed by atoms with Gasteiger partial charge in [0.25, 0.3) is 0 Å². The Kier molecular flexibility index (Phi) is 7.82. The molecule has 9 aromatic carbocycles. The molecule has 0 fully saturated rings. The first kappa shape index (κ1) is 32.8. The summed E-state index contributed by atoms with van der Waals surface area (Å²) in [6.45, 7) is 0. The van der Waals surface area contributed by atoms with E-state index in [4.69, 9.17) is 4.42 Å². The molecule has 0 radical (unpaired) electrons. The van der Waals surface area contributed by atoms with E-state index in [2.05, 4.69) is 216 Å². The number of aromatic nitrogens is 1. The van der Waals surface area contributed by atoms with Gasteiger partial charge in [0.1, 0.15) is 11.2 Å². The largest absolute Gasteiger partial charge is 0.456 e. The quantitative estimate of drug-likeness (QED) is 0.163. The van der Waals surface area contributed by atoms with Crippen LogP contribution in [-0.2, 0) is 0 Å². The molecule has 0 amide bonds. The normalized spacial score (nSPS) is 11.5. The highest BCUT2D eigenvalue weighted by Crippen LogP contribution is 2.42. The van der Waals surface area contributed by atoms with Crippen molar-refractivity contribution in [1.82, 2.24) is 4.57 Å². The molecule has 0 atom stereocenters. The van der Waals surface area contributed by atoms with Gasteiger partial charge in [-0.05, 0) is 106 Å². The van der Waals surface area contributed by atoms with Crippen LogP contribution in [0.2, 0.25) is 0 Å². The van der Waals surface area contributed by atoms with Crippen molar-refractivity contribution in [3.8, 4) is 39.1 Å². The summed E-state index contributed by atoms with van der Waals surface area (Å²) in [7, 11) is 0. The molecule has 0 spiro atoms. The van der Waals surface area contributed by atoms with E-state index in [1.807, 2.05) is 12.1 Å². The van der Waals surface area contributed by atoms with Crippen molar-refractivity contribution in [2.75, 3.05) is 4.90 Å². The van der Waals surface area contributed by atoms with Crippen LogP contribution in [-0.4, -0.2) is 4.57 Å². The zero-order chi connectivity index (χ0) is 37.7. The molecular weight excluding hydrogens is 693 g/mol. The molecule has 0 aliphatic heterocycles. The Labute approximate surface area is 330 Å². The van der Waals surface area contributed by atoms with E-state index in [0.29, 0.717) is 0 Å². The minimum atomic E-state index is 0.889. The molecule has 0 saturated heterocycles. The van der Waals surface area contributed by atoms with Crippen molar-refractivity contribution in [3.63, 3.8) is 0 Å². The third-order valence-electron chi connectivity index (χ3n) is 11.2. The highest BCUT2D eigenvalue weighted by Gasteiger charge is 2.19. The molecule has 0 N–H and O–H groups in total. The number of furan rings is 1. The summed E-state index contributed by atoms with van der Waals surface area (Å²) < 4.78 is 8.71.